The maximum absolute atomic E-state index is 10.4. The van der Waals surface area contributed by atoms with E-state index in [2.05, 4.69) is 5.43 Å². The molecule has 0 radical (unpaired) electrons. The lowest BCUT2D eigenvalue weighted by molar-refractivity contribution is -0.384. The number of nitro benzene ring substituents is 1. The summed E-state index contributed by atoms with van der Waals surface area (Å²) in [7, 11) is 0. The van der Waals surface area contributed by atoms with Crippen molar-refractivity contribution < 1.29 is 4.92 Å². The predicted octanol–water partition coefficient (Wildman–Crippen LogP) is 1.84. The predicted molar refractivity (Wildman–Crippen MR) is 50.7 cm³/mol. The lowest BCUT2D eigenvalue weighted by Crippen LogP contribution is -2.09. The van der Waals surface area contributed by atoms with Crippen LogP contribution in [0.15, 0.2) is 12.1 Å². The summed E-state index contributed by atoms with van der Waals surface area (Å²) in [6, 6.07) is 2.66. The number of aryl methyl sites for hydroxylation is 1. The van der Waals surface area contributed by atoms with Crippen LogP contribution in [0.3, 0.4) is 0 Å². The number of hydrazine groups is 1. The third-order valence-electron chi connectivity index (χ3n) is 1.63. The lowest BCUT2D eigenvalue weighted by Gasteiger charge is -2.06. The van der Waals surface area contributed by atoms with Crippen molar-refractivity contribution in [1.29, 1.82) is 0 Å². The Morgan fingerprint density at radius 1 is 1.62 bits per heavy atom. The number of benzene rings is 1. The van der Waals surface area contributed by atoms with Crippen LogP contribution in [-0.4, -0.2) is 4.92 Å². The molecule has 0 heterocycles. The number of hydrogen-bond donors (Lipinski definition) is 2. The second-order valence-corrected chi connectivity index (χ2v) is 2.93. The molecule has 0 saturated heterocycles. The van der Waals surface area contributed by atoms with Crippen molar-refractivity contribution in [3.63, 3.8) is 0 Å². The van der Waals surface area contributed by atoms with Crippen molar-refractivity contribution in [3.8, 4) is 0 Å². The fraction of sp³-hybridized carbons (Fsp3) is 0.143. The summed E-state index contributed by atoms with van der Waals surface area (Å²) in [6.45, 7) is 1.69. The minimum Gasteiger partial charge on any atom is -0.322 e. The van der Waals surface area contributed by atoms with Gasteiger partial charge in [-0.05, 0) is 12.5 Å². The first-order chi connectivity index (χ1) is 6.06. The fourth-order valence-electron chi connectivity index (χ4n) is 1.01. The molecule has 3 N–H and O–H groups in total. The molecule has 0 spiro atoms. The van der Waals surface area contributed by atoms with Crippen LogP contribution in [0.25, 0.3) is 0 Å². The Kier molecular flexibility index (Phi) is 2.69. The molecular formula is C7H8ClN3O2. The Morgan fingerprint density at radius 3 is 2.62 bits per heavy atom. The van der Waals surface area contributed by atoms with Gasteiger partial charge in [0, 0.05) is 12.1 Å². The van der Waals surface area contributed by atoms with Crippen LogP contribution >= 0.6 is 11.6 Å². The summed E-state index contributed by atoms with van der Waals surface area (Å²) in [5.41, 5.74) is 3.48. The van der Waals surface area contributed by atoms with Crippen molar-refractivity contribution in [2.75, 3.05) is 5.43 Å². The monoisotopic (exact) mass is 201 g/mol. The van der Waals surface area contributed by atoms with Crippen LogP contribution in [0.5, 0.6) is 0 Å². The van der Waals surface area contributed by atoms with Gasteiger partial charge in [-0.15, -0.1) is 0 Å². The summed E-state index contributed by atoms with van der Waals surface area (Å²) >= 11 is 5.73. The highest BCUT2D eigenvalue weighted by Gasteiger charge is 2.11. The quantitative estimate of drug-likeness (QED) is 0.435. The molecule has 0 aromatic heterocycles. The molecule has 1 aromatic carbocycles. The summed E-state index contributed by atoms with van der Waals surface area (Å²) in [5.74, 6) is 5.17. The number of halogens is 1. The van der Waals surface area contributed by atoms with Crippen LogP contribution in [-0.2, 0) is 0 Å². The number of nitrogen functional groups attached to an aromatic ring is 1. The van der Waals surface area contributed by atoms with Gasteiger partial charge in [-0.25, -0.2) is 0 Å². The number of hydrogen-bond acceptors (Lipinski definition) is 4. The molecule has 0 fully saturated rings. The zero-order valence-electron chi connectivity index (χ0n) is 6.87. The van der Waals surface area contributed by atoms with Crippen molar-refractivity contribution in [3.05, 3.63) is 32.8 Å². The van der Waals surface area contributed by atoms with E-state index in [4.69, 9.17) is 17.4 Å². The number of nitrogens with zero attached hydrogens (tertiary/aromatic N) is 1. The summed E-state index contributed by atoms with van der Waals surface area (Å²) < 4.78 is 0. The Morgan fingerprint density at radius 2 is 2.23 bits per heavy atom. The highest BCUT2D eigenvalue weighted by atomic mass is 35.5. The molecule has 13 heavy (non-hydrogen) atoms. The molecular weight excluding hydrogens is 194 g/mol. The van der Waals surface area contributed by atoms with Crippen molar-refractivity contribution >= 4 is 23.0 Å². The van der Waals surface area contributed by atoms with Crippen molar-refractivity contribution in [2.45, 2.75) is 6.92 Å². The van der Waals surface area contributed by atoms with E-state index in [1.54, 1.807) is 6.92 Å². The van der Waals surface area contributed by atoms with Gasteiger partial charge in [-0.3, -0.25) is 16.0 Å². The Bertz CT molecular complexity index is 331. The minimum absolute atomic E-state index is 0.0403. The number of nitrogens with one attached hydrogen (secondary N) is 1. The normalized spacial score (nSPS) is 9.77. The lowest BCUT2D eigenvalue weighted by atomic mass is 10.2. The van der Waals surface area contributed by atoms with Crippen LogP contribution in [0.2, 0.25) is 5.02 Å². The van der Waals surface area contributed by atoms with Gasteiger partial charge in [0.2, 0.25) is 0 Å². The molecule has 0 aliphatic rings. The first-order valence-corrected chi connectivity index (χ1v) is 3.85. The second kappa shape index (κ2) is 3.59. The molecule has 0 saturated carbocycles. The van der Waals surface area contributed by atoms with Crippen LogP contribution in [0.1, 0.15) is 5.56 Å². The third-order valence-corrected chi connectivity index (χ3v) is 1.93. The van der Waals surface area contributed by atoms with Crippen molar-refractivity contribution in [1.82, 2.24) is 0 Å². The standard InChI is InChI=1S/C7H8ClN3O2/c1-4-2-5(11(12)13)3-6(8)7(4)10-9/h2-3,10H,9H2,1H3. The molecule has 0 unspecified atom stereocenters. The summed E-state index contributed by atoms with van der Waals surface area (Å²) in [4.78, 5) is 9.90. The second-order valence-electron chi connectivity index (χ2n) is 2.52. The first kappa shape index (κ1) is 9.76. The van der Waals surface area contributed by atoms with Gasteiger partial charge in [-0.2, -0.15) is 0 Å². The van der Waals surface area contributed by atoms with E-state index in [1.165, 1.54) is 12.1 Å². The number of rotatable bonds is 2. The fourth-order valence-corrected chi connectivity index (χ4v) is 1.33. The molecule has 0 amide bonds. The zero-order valence-corrected chi connectivity index (χ0v) is 7.63. The van der Waals surface area contributed by atoms with Gasteiger partial charge in [0.25, 0.3) is 5.69 Å². The SMILES string of the molecule is Cc1cc([N+](=O)[O-])cc(Cl)c1NN. The molecule has 0 aliphatic carbocycles. The molecule has 0 aliphatic heterocycles. The number of non-ortho nitro benzene ring substituents is 1. The zero-order chi connectivity index (χ0) is 10.0. The van der Waals surface area contributed by atoms with Crippen LogP contribution in [0.4, 0.5) is 11.4 Å². The van der Waals surface area contributed by atoms with E-state index in [9.17, 15) is 10.1 Å². The highest BCUT2D eigenvalue weighted by Crippen LogP contribution is 2.29. The largest absolute Gasteiger partial charge is 0.322 e. The average Bonchev–Trinajstić information content (AvgIpc) is 2.03. The van der Waals surface area contributed by atoms with Gasteiger partial charge in [0.15, 0.2) is 0 Å². The van der Waals surface area contributed by atoms with Gasteiger partial charge in [0.05, 0.1) is 15.6 Å². The first-order valence-electron chi connectivity index (χ1n) is 3.47. The molecule has 0 atom stereocenters. The van der Waals surface area contributed by atoms with Gasteiger partial charge < -0.3 is 5.43 Å². The van der Waals surface area contributed by atoms with Gasteiger partial charge in [0.1, 0.15) is 0 Å². The minimum atomic E-state index is -0.501. The molecule has 1 rings (SSSR count). The van der Waals surface area contributed by atoms with E-state index in [1.807, 2.05) is 0 Å². The maximum Gasteiger partial charge on any atom is 0.271 e. The van der Waals surface area contributed by atoms with Gasteiger partial charge in [-0.1, -0.05) is 11.6 Å². The topological polar surface area (TPSA) is 81.2 Å². The van der Waals surface area contributed by atoms with E-state index < -0.39 is 4.92 Å². The van der Waals surface area contributed by atoms with Gasteiger partial charge >= 0.3 is 0 Å². The molecule has 0 bridgehead atoms. The Hall–Kier alpha value is -1.33. The Labute approximate surface area is 79.6 Å². The molecule has 5 nitrogen and oxygen atoms in total. The average molecular weight is 202 g/mol. The summed E-state index contributed by atoms with van der Waals surface area (Å²) in [6.07, 6.45) is 0. The van der Waals surface area contributed by atoms with E-state index in [0.717, 1.165) is 0 Å². The van der Waals surface area contributed by atoms with E-state index >= 15 is 0 Å². The molecule has 6 heteroatoms. The Balaban J connectivity index is 3.28. The number of nitro groups is 1. The molecule has 70 valence electrons. The number of nitrogens with two attached hydrogens (primary N) is 1. The number of anilines is 1. The van der Waals surface area contributed by atoms with Crippen LogP contribution in [0, 0.1) is 17.0 Å². The highest BCUT2D eigenvalue weighted by molar-refractivity contribution is 6.33. The smallest absolute Gasteiger partial charge is 0.271 e. The summed E-state index contributed by atoms with van der Waals surface area (Å²) in [5, 5.41) is 10.6. The van der Waals surface area contributed by atoms with Crippen molar-refractivity contribution in [2.24, 2.45) is 5.84 Å². The maximum atomic E-state index is 10.4. The third kappa shape index (κ3) is 1.88. The molecule has 1 aromatic rings. The van der Waals surface area contributed by atoms with E-state index in [0.29, 0.717) is 11.3 Å². The van der Waals surface area contributed by atoms with E-state index in [-0.39, 0.29) is 10.7 Å². The van der Waals surface area contributed by atoms with Crippen LogP contribution < -0.4 is 11.3 Å².